The maximum atomic E-state index is 11.6. The topological polar surface area (TPSA) is 29.5 Å². The van der Waals surface area contributed by atoms with E-state index in [1.807, 2.05) is 12.1 Å². The minimum absolute atomic E-state index is 0.0268. The number of halogens is 1. The molecule has 0 aromatic heterocycles. The summed E-state index contributed by atoms with van der Waals surface area (Å²) in [5.41, 5.74) is 1.59. The van der Waals surface area contributed by atoms with Gasteiger partial charge in [0.15, 0.2) is 5.78 Å². The van der Waals surface area contributed by atoms with Crippen molar-refractivity contribution < 1.29 is 9.53 Å². The van der Waals surface area contributed by atoms with Crippen LogP contribution in [0.3, 0.4) is 0 Å². The first-order chi connectivity index (χ1) is 8.17. The molecule has 1 aromatic carbocycles. The smallest absolute Gasteiger partial charge is 0.181 e. The zero-order valence-electron chi connectivity index (χ0n) is 10.5. The fourth-order valence-electron chi connectivity index (χ4n) is 1.77. The van der Waals surface area contributed by atoms with E-state index in [4.69, 9.17) is 16.3 Å². The second kappa shape index (κ2) is 6.50. The third-order valence-corrected chi connectivity index (χ3v) is 2.98. The van der Waals surface area contributed by atoms with Crippen LogP contribution in [-0.4, -0.2) is 31.9 Å². The lowest BCUT2D eigenvalue weighted by Crippen LogP contribution is -2.22. The fraction of sp³-hybridized carbons (Fsp3) is 0.462. The Morgan fingerprint density at radius 1 is 1.35 bits per heavy atom. The van der Waals surface area contributed by atoms with Gasteiger partial charge in [-0.25, -0.2) is 0 Å². The Bertz CT molecular complexity index is 389. The Morgan fingerprint density at radius 3 is 2.47 bits per heavy atom. The Labute approximate surface area is 107 Å². The number of alkyl halides is 1. The van der Waals surface area contributed by atoms with Gasteiger partial charge in [0.25, 0.3) is 0 Å². The highest BCUT2D eigenvalue weighted by molar-refractivity contribution is 6.30. The number of Topliss-reactive ketones (excluding diaryl/α,β-unsaturated/α-hetero) is 1. The van der Waals surface area contributed by atoms with E-state index in [1.54, 1.807) is 13.2 Å². The normalized spacial score (nSPS) is 10.1. The van der Waals surface area contributed by atoms with Gasteiger partial charge in [0.1, 0.15) is 5.75 Å². The first-order valence-electron chi connectivity index (χ1n) is 5.70. The molecule has 4 heteroatoms. The number of ether oxygens (including phenoxy) is 1. The minimum atomic E-state index is -0.116. The number of nitrogens with zero attached hydrogens (tertiary/aromatic N) is 1. The molecule has 1 aromatic rings. The van der Waals surface area contributed by atoms with Gasteiger partial charge in [-0.15, -0.1) is 11.6 Å². The molecule has 0 N–H and O–H groups in total. The van der Waals surface area contributed by atoms with Crippen LogP contribution in [0.1, 0.15) is 24.2 Å². The highest BCUT2D eigenvalue weighted by Gasteiger charge is 2.13. The fourth-order valence-corrected chi connectivity index (χ4v) is 1.91. The first-order valence-corrected chi connectivity index (χ1v) is 6.23. The molecule has 0 aliphatic heterocycles. The lowest BCUT2D eigenvalue weighted by Gasteiger charge is -2.22. The summed E-state index contributed by atoms with van der Waals surface area (Å²) in [4.78, 5) is 13.8. The molecule has 0 radical (unpaired) electrons. The number of benzene rings is 1. The van der Waals surface area contributed by atoms with E-state index in [9.17, 15) is 4.79 Å². The number of hydrogen-bond donors (Lipinski definition) is 0. The lowest BCUT2D eigenvalue weighted by atomic mass is 10.1. The Hall–Kier alpha value is -1.22. The molecular weight excluding hydrogens is 238 g/mol. The van der Waals surface area contributed by atoms with E-state index >= 15 is 0 Å². The van der Waals surface area contributed by atoms with Crippen LogP contribution in [0.2, 0.25) is 0 Å². The molecule has 0 fully saturated rings. The molecule has 0 atom stereocenters. The minimum Gasteiger partial charge on any atom is -0.496 e. The molecule has 0 saturated heterocycles. The van der Waals surface area contributed by atoms with Crippen molar-refractivity contribution in [1.82, 2.24) is 0 Å². The number of carbonyl (C=O) groups is 1. The number of rotatable bonds is 6. The number of hydrogen-bond acceptors (Lipinski definition) is 3. The summed E-state index contributed by atoms with van der Waals surface area (Å²) in [6.45, 7) is 6.02. The van der Waals surface area contributed by atoms with Crippen LogP contribution in [0, 0.1) is 0 Å². The number of carbonyl (C=O) groups excluding carboxylic acids is 1. The van der Waals surface area contributed by atoms with Crippen LogP contribution >= 0.6 is 11.6 Å². The molecule has 0 aliphatic rings. The average molecular weight is 256 g/mol. The largest absolute Gasteiger partial charge is 0.496 e. The van der Waals surface area contributed by atoms with Crippen molar-refractivity contribution in [2.24, 2.45) is 0 Å². The molecule has 0 unspecified atom stereocenters. The second-order valence-electron chi connectivity index (χ2n) is 3.61. The summed E-state index contributed by atoms with van der Waals surface area (Å²) in [5, 5.41) is 0. The number of anilines is 1. The van der Waals surface area contributed by atoms with Crippen molar-refractivity contribution in [2.75, 3.05) is 31.0 Å². The third-order valence-electron chi connectivity index (χ3n) is 2.74. The predicted octanol–water partition coefficient (Wildman–Crippen LogP) is 2.96. The quantitative estimate of drug-likeness (QED) is 0.578. The van der Waals surface area contributed by atoms with Gasteiger partial charge in [-0.2, -0.15) is 0 Å². The Morgan fingerprint density at radius 2 is 2.00 bits per heavy atom. The first kappa shape index (κ1) is 13.8. The van der Waals surface area contributed by atoms with E-state index in [-0.39, 0.29) is 11.7 Å². The summed E-state index contributed by atoms with van der Waals surface area (Å²) in [6.07, 6.45) is 0. The van der Waals surface area contributed by atoms with Gasteiger partial charge in [0.05, 0.1) is 18.6 Å². The van der Waals surface area contributed by atoms with Gasteiger partial charge in [0.2, 0.25) is 0 Å². The zero-order chi connectivity index (χ0) is 12.8. The molecular formula is C13H18ClNO2. The molecule has 0 saturated carbocycles. The van der Waals surface area contributed by atoms with Gasteiger partial charge in [0, 0.05) is 24.8 Å². The van der Waals surface area contributed by atoms with E-state index in [1.165, 1.54) is 0 Å². The van der Waals surface area contributed by atoms with Crippen molar-refractivity contribution in [2.45, 2.75) is 13.8 Å². The molecule has 3 nitrogen and oxygen atoms in total. The summed E-state index contributed by atoms with van der Waals surface area (Å²) in [5.74, 6) is 0.440. The van der Waals surface area contributed by atoms with E-state index in [0.29, 0.717) is 11.3 Å². The molecule has 0 aliphatic carbocycles. The van der Waals surface area contributed by atoms with Gasteiger partial charge < -0.3 is 9.64 Å². The van der Waals surface area contributed by atoms with E-state index < -0.39 is 0 Å². The van der Waals surface area contributed by atoms with Crippen LogP contribution in [0.5, 0.6) is 5.75 Å². The third kappa shape index (κ3) is 3.13. The molecule has 0 heterocycles. The lowest BCUT2D eigenvalue weighted by molar-refractivity contribution is 0.101. The van der Waals surface area contributed by atoms with Crippen LogP contribution < -0.4 is 9.64 Å². The maximum absolute atomic E-state index is 11.6. The van der Waals surface area contributed by atoms with Crippen molar-refractivity contribution in [3.05, 3.63) is 23.8 Å². The van der Waals surface area contributed by atoms with Gasteiger partial charge in [-0.05, 0) is 26.0 Å². The molecule has 94 valence electrons. The van der Waals surface area contributed by atoms with Gasteiger partial charge in [-0.1, -0.05) is 0 Å². The molecule has 17 heavy (non-hydrogen) atoms. The summed E-state index contributed by atoms with van der Waals surface area (Å²) < 4.78 is 5.24. The number of ketones is 1. The van der Waals surface area contributed by atoms with Crippen LogP contribution in [0.15, 0.2) is 18.2 Å². The van der Waals surface area contributed by atoms with Crippen molar-refractivity contribution in [3.63, 3.8) is 0 Å². The Balaban J connectivity index is 3.12. The van der Waals surface area contributed by atoms with Crippen LogP contribution in [0.25, 0.3) is 0 Å². The highest BCUT2D eigenvalue weighted by atomic mass is 35.5. The second-order valence-corrected chi connectivity index (χ2v) is 3.88. The molecule has 0 spiro atoms. The monoisotopic (exact) mass is 255 g/mol. The highest BCUT2D eigenvalue weighted by Crippen LogP contribution is 2.26. The standard InChI is InChI=1S/C13H18ClNO2/c1-4-15(5-2)10-6-7-11(12(16)9-14)13(8-10)17-3/h6-8H,4-5,9H2,1-3H3. The van der Waals surface area contributed by atoms with Gasteiger partial charge >= 0.3 is 0 Å². The van der Waals surface area contributed by atoms with E-state index in [2.05, 4.69) is 18.7 Å². The van der Waals surface area contributed by atoms with Crippen molar-refractivity contribution in [1.29, 1.82) is 0 Å². The predicted molar refractivity (Wildman–Crippen MR) is 71.6 cm³/mol. The van der Waals surface area contributed by atoms with Crippen LogP contribution in [0.4, 0.5) is 5.69 Å². The van der Waals surface area contributed by atoms with Crippen LogP contribution in [-0.2, 0) is 0 Å². The Kier molecular flexibility index (Phi) is 5.29. The summed E-state index contributed by atoms with van der Waals surface area (Å²) in [6, 6.07) is 5.58. The molecule has 1 rings (SSSR count). The van der Waals surface area contributed by atoms with Crippen molar-refractivity contribution in [3.8, 4) is 5.75 Å². The average Bonchev–Trinajstić information content (AvgIpc) is 2.39. The number of methoxy groups -OCH3 is 1. The molecule has 0 amide bonds. The van der Waals surface area contributed by atoms with E-state index in [0.717, 1.165) is 18.8 Å². The van der Waals surface area contributed by atoms with Gasteiger partial charge in [-0.3, -0.25) is 4.79 Å². The SMILES string of the molecule is CCN(CC)c1ccc(C(=O)CCl)c(OC)c1. The summed E-state index contributed by atoms with van der Waals surface area (Å²) >= 11 is 5.56. The molecule has 0 bridgehead atoms. The van der Waals surface area contributed by atoms with Crippen molar-refractivity contribution >= 4 is 23.1 Å². The zero-order valence-corrected chi connectivity index (χ0v) is 11.3. The summed E-state index contributed by atoms with van der Waals surface area (Å²) in [7, 11) is 1.56. The maximum Gasteiger partial charge on any atom is 0.181 e.